The van der Waals surface area contributed by atoms with E-state index in [1.54, 1.807) is 30.3 Å². The Morgan fingerprint density at radius 2 is 1.77 bits per heavy atom. The van der Waals surface area contributed by atoms with Crippen LogP contribution in [0.1, 0.15) is 11.1 Å². The number of amides is 3. The number of urea groups is 1. The molecule has 2 N–H and O–H groups in total. The van der Waals surface area contributed by atoms with Crippen LogP contribution in [0.25, 0.3) is 6.08 Å². The zero-order valence-electron chi connectivity index (χ0n) is 12.9. The van der Waals surface area contributed by atoms with Gasteiger partial charge in [0, 0.05) is 0 Å². The van der Waals surface area contributed by atoms with Crippen molar-refractivity contribution in [3.63, 3.8) is 0 Å². The lowest BCUT2D eigenvalue weighted by atomic mass is 10.2. The second-order valence-corrected chi connectivity index (χ2v) is 7.39. The number of ether oxygens (including phenoxy) is 1. The van der Waals surface area contributed by atoms with Crippen molar-refractivity contribution in [3.05, 3.63) is 66.7 Å². The Morgan fingerprint density at radius 1 is 1.00 bits per heavy atom. The van der Waals surface area contributed by atoms with E-state index in [2.05, 4.69) is 26.6 Å². The Balaban J connectivity index is 1.79. The number of rotatable bonds is 4. The van der Waals surface area contributed by atoms with E-state index < -0.39 is 11.9 Å². The summed E-state index contributed by atoms with van der Waals surface area (Å²) in [7, 11) is 0. The minimum Gasteiger partial charge on any atom is -0.486 e. The quantitative estimate of drug-likeness (QED) is 0.473. The first-order chi connectivity index (χ1) is 12.3. The van der Waals surface area contributed by atoms with Crippen LogP contribution in [0.5, 0.6) is 5.75 Å². The van der Waals surface area contributed by atoms with Gasteiger partial charge in [-0.15, -0.1) is 0 Å². The molecule has 1 fully saturated rings. The molecule has 5 nitrogen and oxygen atoms in total. The highest BCUT2D eigenvalue weighted by molar-refractivity contribution is 9.10. The fourth-order valence-electron chi connectivity index (χ4n) is 2.23. The molecule has 0 aromatic heterocycles. The van der Waals surface area contributed by atoms with Crippen molar-refractivity contribution in [2.45, 2.75) is 6.61 Å². The third kappa shape index (κ3) is 4.32. The van der Waals surface area contributed by atoms with E-state index in [1.165, 1.54) is 6.08 Å². The van der Waals surface area contributed by atoms with Crippen LogP contribution in [0.15, 0.2) is 40.5 Å². The average Bonchev–Trinajstić information content (AvgIpc) is 2.87. The standard InChI is InChI=1S/C17H10BrCl3N2O3/c18-10-3-9(6-14-16(24)23-17(25)22-14)5-13(21)15(10)26-7-8-1-2-11(19)12(20)4-8/h1-6H,7H2,(H2,22,23,24,25)/b14-6-. The molecule has 26 heavy (non-hydrogen) atoms. The molecule has 1 heterocycles. The summed E-state index contributed by atoms with van der Waals surface area (Å²) >= 11 is 21.6. The van der Waals surface area contributed by atoms with Gasteiger partial charge in [-0.25, -0.2) is 4.79 Å². The zero-order chi connectivity index (χ0) is 18.8. The van der Waals surface area contributed by atoms with Crippen LogP contribution in [0.2, 0.25) is 15.1 Å². The van der Waals surface area contributed by atoms with Gasteiger partial charge in [0.2, 0.25) is 0 Å². The minimum atomic E-state index is -0.562. The molecule has 0 spiro atoms. The minimum absolute atomic E-state index is 0.141. The molecule has 9 heteroatoms. The Bertz CT molecular complexity index is 924. The topological polar surface area (TPSA) is 67.4 Å². The molecule has 0 saturated carbocycles. The molecule has 0 atom stereocenters. The predicted molar refractivity (Wildman–Crippen MR) is 105 cm³/mol. The summed E-state index contributed by atoms with van der Waals surface area (Å²) in [4.78, 5) is 22.7. The largest absolute Gasteiger partial charge is 0.486 e. The van der Waals surface area contributed by atoms with Crippen molar-refractivity contribution in [1.29, 1.82) is 0 Å². The molecule has 3 amide bonds. The molecule has 2 aromatic rings. The number of carbonyl (C=O) groups excluding carboxylic acids is 2. The molecule has 1 aliphatic rings. The van der Waals surface area contributed by atoms with E-state index in [1.807, 2.05) is 0 Å². The normalized spacial score (nSPS) is 15.2. The van der Waals surface area contributed by atoms with Gasteiger partial charge in [0.25, 0.3) is 5.91 Å². The van der Waals surface area contributed by atoms with Gasteiger partial charge in [-0.2, -0.15) is 0 Å². The molecule has 2 aromatic carbocycles. The van der Waals surface area contributed by atoms with Crippen molar-refractivity contribution < 1.29 is 14.3 Å². The van der Waals surface area contributed by atoms with Crippen molar-refractivity contribution in [1.82, 2.24) is 10.6 Å². The van der Waals surface area contributed by atoms with Gasteiger partial charge in [0.1, 0.15) is 12.3 Å². The summed E-state index contributed by atoms with van der Waals surface area (Å²) in [6.45, 7) is 0.244. The fraction of sp³-hybridized carbons (Fsp3) is 0.0588. The number of halogens is 4. The Morgan fingerprint density at radius 3 is 2.38 bits per heavy atom. The molecule has 0 radical (unpaired) electrons. The number of hydrogen-bond donors (Lipinski definition) is 2. The molecule has 3 rings (SSSR count). The van der Waals surface area contributed by atoms with Gasteiger partial charge in [-0.3, -0.25) is 10.1 Å². The number of hydrogen-bond acceptors (Lipinski definition) is 3. The summed E-state index contributed by atoms with van der Waals surface area (Å²) in [5, 5.41) is 5.79. The lowest BCUT2D eigenvalue weighted by Gasteiger charge is -2.12. The van der Waals surface area contributed by atoms with Crippen molar-refractivity contribution in [3.8, 4) is 5.75 Å². The third-order valence-electron chi connectivity index (χ3n) is 3.42. The smallest absolute Gasteiger partial charge is 0.326 e. The van der Waals surface area contributed by atoms with Gasteiger partial charge >= 0.3 is 6.03 Å². The van der Waals surface area contributed by atoms with Crippen LogP contribution in [0, 0.1) is 0 Å². The maximum absolute atomic E-state index is 11.6. The van der Waals surface area contributed by atoms with E-state index in [-0.39, 0.29) is 12.3 Å². The molecule has 0 unspecified atom stereocenters. The van der Waals surface area contributed by atoms with Gasteiger partial charge < -0.3 is 10.1 Å². The SMILES string of the molecule is O=C1NC(=O)/C(=C/c2cc(Cl)c(OCc3ccc(Cl)c(Cl)c3)c(Br)c2)N1. The maximum atomic E-state index is 11.6. The Labute approximate surface area is 172 Å². The molecule has 1 aliphatic heterocycles. The lowest BCUT2D eigenvalue weighted by Crippen LogP contribution is -2.22. The van der Waals surface area contributed by atoms with E-state index in [0.717, 1.165) is 5.56 Å². The highest BCUT2D eigenvalue weighted by atomic mass is 79.9. The van der Waals surface area contributed by atoms with E-state index in [9.17, 15) is 9.59 Å². The lowest BCUT2D eigenvalue weighted by molar-refractivity contribution is -0.115. The molecule has 134 valence electrons. The summed E-state index contributed by atoms with van der Waals surface area (Å²) in [6.07, 6.45) is 1.51. The van der Waals surface area contributed by atoms with Crippen molar-refractivity contribution in [2.75, 3.05) is 0 Å². The molecule has 0 aliphatic carbocycles. The highest BCUT2D eigenvalue weighted by Crippen LogP contribution is 2.36. The monoisotopic (exact) mass is 474 g/mol. The van der Waals surface area contributed by atoms with Gasteiger partial charge in [-0.1, -0.05) is 40.9 Å². The van der Waals surface area contributed by atoms with E-state index in [0.29, 0.717) is 30.9 Å². The Kier molecular flexibility index (Phi) is 5.77. The van der Waals surface area contributed by atoms with Crippen LogP contribution in [-0.4, -0.2) is 11.9 Å². The number of nitrogens with one attached hydrogen (secondary N) is 2. The number of carbonyl (C=O) groups is 2. The zero-order valence-corrected chi connectivity index (χ0v) is 16.8. The average molecular weight is 477 g/mol. The third-order valence-corrected chi connectivity index (χ3v) is 5.03. The summed E-state index contributed by atoms with van der Waals surface area (Å²) in [5.74, 6) is -0.0537. The number of imide groups is 1. The van der Waals surface area contributed by atoms with E-state index in [4.69, 9.17) is 39.5 Å². The molecule has 1 saturated heterocycles. The van der Waals surface area contributed by atoms with Crippen LogP contribution < -0.4 is 15.4 Å². The second kappa shape index (κ2) is 7.88. The fourth-order valence-corrected chi connectivity index (χ4v) is 3.54. The van der Waals surface area contributed by atoms with Gasteiger partial charge in [0.05, 0.1) is 19.5 Å². The molecule has 0 bridgehead atoms. The highest BCUT2D eigenvalue weighted by Gasteiger charge is 2.23. The van der Waals surface area contributed by atoms with Gasteiger partial charge in [-0.05, 0) is 57.4 Å². The van der Waals surface area contributed by atoms with Crippen LogP contribution >= 0.6 is 50.7 Å². The molecular weight excluding hydrogens is 466 g/mol. The molecular formula is C17H10BrCl3N2O3. The first-order valence-electron chi connectivity index (χ1n) is 7.23. The van der Waals surface area contributed by atoms with E-state index >= 15 is 0 Å². The van der Waals surface area contributed by atoms with Crippen LogP contribution in [-0.2, 0) is 11.4 Å². The Hall–Kier alpha value is -1.73. The van der Waals surface area contributed by atoms with Crippen LogP contribution in [0.3, 0.4) is 0 Å². The van der Waals surface area contributed by atoms with Gasteiger partial charge in [0.15, 0.2) is 5.75 Å². The predicted octanol–water partition coefficient (Wildman–Crippen LogP) is 5.17. The van der Waals surface area contributed by atoms with Crippen molar-refractivity contribution in [2.24, 2.45) is 0 Å². The van der Waals surface area contributed by atoms with Crippen molar-refractivity contribution >= 4 is 68.7 Å². The maximum Gasteiger partial charge on any atom is 0.326 e. The van der Waals surface area contributed by atoms with Crippen LogP contribution in [0.4, 0.5) is 4.79 Å². The summed E-state index contributed by atoms with van der Waals surface area (Å²) in [6, 6.07) is 7.99. The number of benzene rings is 2. The second-order valence-electron chi connectivity index (χ2n) is 5.32. The first kappa shape index (κ1) is 19.0. The summed E-state index contributed by atoms with van der Waals surface area (Å²) < 4.78 is 6.36. The first-order valence-corrected chi connectivity index (χ1v) is 9.16. The summed E-state index contributed by atoms with van der Waals surface area (Å²) in [5.41, 5.74) is 1.59.